The first-order valence-corrected chi connectivity index (χ1v) is 10.6. The molecule has 0 saturated carbocycles. The van der Waals surface area contributed by atoms with Gasteiger partial charge in [0.1, 0.15) is 5.82 Å². The molecule has 0 spiro atoms. The second-order valence-corrected chi connectivity index (χ2v) is 8.18. The fourth-order valence-electron chi connectivity index (χ4n) is 4.02. The maximum absolute atomic E-state index is 13.0. The van der Waals surface area contributed by atoms with Gasteiger partial charge in [0, 0.05) is 30.1 Å². The van der Waals surface area contributed by atoms with E-state index in [4.69, 9.17) is 0 Å². The highest BCUT2D eigenvalue weighted by atomic mass is 16.2. The average molecular weight is 425 g/mol. The zero-order valence-corrected chi connectivity index (χ0v) is 17.9. The van der Waals surface area contributed by atoms with Crippen molar-refractivity contribution in [1.82, 2.24) is 14.8 Å². The van der Waals surface area contributed by atoms with Crippen molar-refractivity contribution in [3.05, 3.63) is 78.0 Å². The van der Waals surface area contributed by atoms with E-state index in [2.05, 4.69) is 15.4 Å². The first-order chi connectivity index (χ1) is 15.5. The van der Waals surface area contributed by atoms with Crippen LogP contribution >= 0.6 is 0 Å². The van der Waals surface area contributed by atoms with Crippen LogP contribution in [0, 0.1) is 19.8 Å². The topological polar surface area (TPSA) is 80.1 Å². The van der Waals surface area contributed by atoms with Crippen LogP contribution in [0.15, 0.2) is 66.7 Å². The molecule has 2 amide bonds. The van der Waals surface area contributed by atoms with Crippen LogP contribution in [0.25, 0.3) is 16.7 Å². The fraction of sp³-hybridized carbons (Fsp3) is 0.200. The van der Waals surface area contributed by atoms with Gasteiger partial charge in [0.05, 0.1) is 17.1 Å². The summed E-state index contributed by atoms with van der Waals surface area (Å²) in [5.74, 6) is 0.481. The zero-order chi connectivity index (χ0) is 22.2. The predicted octanol–water partition coefficient (Wildman–Crippen LogP) is 4.03. The van der Waals surface area contributed by atoms with E-state index in [-0.39, 0.29) is 18.2 Å². The third kappa shape index (κ3) is 3.73. The third-order valence-corrected chi connectivity index (χ3v) is 5.72. The number of aryl methyl sites for hydroxylation is 2. The number of amides is 2. The molecule has 0 radical (unpaired) electrons. The van der Waals surface area contributed by atoms with Crippen molar-refractivity contribution in [3.63, 3.8) is 0 Å². The number of rotatable bonds is 4. The Kier molecular flexibility index (Phi) is 4.93. The number of aromatic nitrogens is 3. The highest BCUT2D eigenvalue weighted by molar-refractivity contribution is 6.03. The number of anilines is 2. The molecule has 2 aromatic carbocycles. The number of nitrogens with one attached hydrogen (secondary N) is 1. The van der Waals surface area contributed by atoms with Crippen LogP contribution in [-0.4, -0.2) is 33.1 Å². The number of benzene rings is 2. The van der Waals surface area contributed by atoms with Gasteiger partial charge in [-0.1, -0.05) is 35.9 Å². The van der Waals surface area contributed by atoms with Crippen LogP contribution in [-0.2, 0) is 9.59 Å². The van der Waals surface area contributed by atoms with Gasteiger partial charge in [0.15, 0.2) is 5.82 Å². The summed E-state index contributed by atoms with van der Waals surface area (Å²) < 4.78 is 1.63. The molecule has 0 bridgehead atoms. The van der Waals surface area contributed by atoms with Gasteiger partial charge in [-0.05, 0) is 44.2 Å². The van der Waals surface area contributed by atoms with E-state index >= 15 is 0 Å². The molecule has 7 heteroatoms. The standard InChI is InChI=1S/C25H23N5O2/c1-16-7-10-20(11-8-16)29-15-19(14-24(29)31)25(32)27-23-13-17(2)28-30(23)22-12-9-18-5-3-4-6-21(18)26-22/h3-13,19H,14-15H2,1-2H3,(H,27,32). The van der Waals surface area contributed by atoms with Crippen molar-refractivity contribution >= 4 is 34.2 Å². The van der Waals surface area contributed by atoms with Crippen LogP contribution < -0.4 is 10.2 Å². The number of fused-ring (bicyclic) bond motifs is 1. The van der Waals surface area contributed by atoms with E-state index < -0.39 is 5.92 Å². The van der Waals surface area contributed by atoms with Gasteiger partial charge in [-0.3, -0.25) is 9.59 Å². The molecule has 1 fully saturated rings. The number of hydrogen-bond acceptors (Lipinski definition) is 4. The maximum Gasteiger partial charge on any atom is 0.230 e. The molecule has 1 N–H and O–H groups in total. The number of para-hydroxylation sites is 1. The first-order valence-electron chi connectivity index (χ1n) is 10.6. The van der Waals surface area contributed by atoms with E-state index in [0.717, 1.165) is 27.8 Å². The third-order valence-electron chi connectivity index (χ3n) is 5.72. The van der Waals surface area contributed by atoms with Crippen molar-refractivity contribution in [2.45, 2.75) is 20.3 Å². The number of pyridine rings is 1. The van der Waals surface area contributed by atoms with Crippen molar-refractivity contribution < 1.29 is 9.59 Å². The molecule has 1 unspecified atom stereocenters. The highest BCUT2D eigenvalue weighted by Gasteiger charge is 2.35. The maximum atomic E-state index is 13.0. The van der Waals surface area contributed by atoms with E-state index in [0.29, 0.717) is 18.2 Å². The summed E-state index contributed by atoms with van der Waals surface area (Å²) in [4.78, 5) is 32.0. The predicted molar refractivity (Wildman–Crippen MR) is 124 cm³/mol. The fourth-order valence-corrected chi connectivity index (χ4v) is 4.02. The summed E-state index contributed by atoms with van der Waals surface area (Å²) in [5, 5.41) is 8.51. The van der Waals surface area contributed by atoms with Crippen LogP contribution in [0.5, 0.6) is 0 Å². The molecule has 4 aromatic rings. The largest absolute Gasteiger partial charge is 0.312 e. The molecule has 5 rings (SSSR count). The minimum Gasteiger partial charge on any atom is -0.312 e. The molecule has 7 nitrogen and oxygen atoms in total. The Bertz CT molecular complexity index is 1330. The number of nitrogens with zero attached hydrogens (tertiary/aromatic N) is 4. The Balaban J connectivity index is 1.37. The van der Waals surface area contributed by atoms with Crippen molar-refractivity contribution in [1.29, 1.82) is 0 Å². The lowest BCUT2D eigenvalue weighted by atomic mass is 10.1. The van der Waals surface area contributed by atoms with Crippen LogP contribution in [0.2, 0.25) is 0 Å². The van der Waals surface area contributed by atoms with Crippen LogP contribution in [0.1, 0.15) is 17.7 Å². The summed E-state index contributed by atoms with van der Waals surface area (Å²) in [6, 6.07) is 21.3. The molecule has 32 heavy (non-hydrogen) atoms. The lowest BCUT2D eigenvalue weighted by Crippen LogP contribution is -2.28. The van der Waals surface area contributed by atoms with Gasteiger partial charge in [-0.15, -0.1) is 0 Å². The van der Waals surface area contributed by atoms with Gasteiger partial charge >= 0.3 is 0 Å². The zero-order valence-electron chi connectivity index (χ0n) is 17.9. The van der Waals surface area contributed by atoms with E-state index in [1.807, 2.05) is 80.6 Å². The van der Waals surface area contributed by atoms with Gasteiger partial charge in [0.2, 0.25) is 11.8 Å². The molecule has 1 aliphatic rings. The lowest BCUT2D eigenvalue weighted by molar-refractivity contribution is -0.122. The summed E-state index contributed by atoms with van der Waals surface area (Å²) in [7, 11) is 0. The minimum atomic E-state index is -0.433. The molecule has 160 valence electrons. The Hall–Kier alpha value is -4.00. The average Bonchev–Trinajstić information content (AvgIpc) is 3.36. The summed E-state index contributed by atoms with van der Waals surface area (Å²) >= 11 is 0. The molecule has 1 saturated heterocycles. The van der Waals surface area contributed by atoms with Gasteiger partial charge in [0.25, 0.3) is 0 Å². The van der Waals surface area contributed by atoms with Crippen molar-refractivity contribution in [2.24, 2.45) is 5.92 Å². The number of carbonyl (C=O) groups is 2. The van der Waals surface area contributed by atoms with E-state index in [1.54, 1.807) is 9.58 Å². The summed E-state index contributed by atoms with van der Waals surface area (Å²) in [6.07, 6.45) is 0.182. The van der Waals surface area contributed by atoms with Gasteiger partial charge in [-0.2, -0.15) is 9.78 Å². The molecule has 3 heterocycles. The highest BCUT2D eigenvalue weighted by Crippen LogP contribution is 2.27. The lowest BCUT2D eigenvalue weighted by Gasteiger charge is -2.17. The SMILES string of the molecule is Cc1ccc(N2CC(C(=O)Nc3cc(C)nn3-c3ccc4ccccc4n3)CC2=O)cc1. The van der Waals surface area contributed by atoms with E-state index in [1.165, 1.54) is 0 Å². The molecule has 2 aromatic heterocycles. The van der Waals surface area contributed by atoms with Gasteiger partial charge < -0.3 is 10.2 Å². The van der Waals surface area contributed by atoms with Crippen molar-refractivity contribution in [2.75, 3.05) is 16.8 Å². The smallest absolute Gasteiger partial charge is 0.230 e. The summed E-state index contributed by atoms with van der Waals surface area (Å²) in [5.41, 5.74) is 3.56. The minimum absolute atomic E-state index is 0.0464. The van der Waals surface area contributed by atoms with Crippen molar-refractivity contribution in [3.8, 4) is 5.82 Å². The molecule has 1 atom stereocenters. The normalized spacial score (nSPS) is 16.0. The van der Waals surface area contributed by atoms with E-state index in [9.17, 15) is 9.59 Å². The summed E-state index contributed by atoms with van der Waals surface area (Å²) in [6.45, 7) is 4.22. The Morgan fingerprint density at radius 1 is 1.03 bits per heavy atom. The molecule has 0 aliphatic carbocycles. The van der Waals surface area contributed by atoms with Crippen LogP contribution in [0.3, 0.4) is 0 Å². The first kappa shape index (κ1) is 19.9. The molecular weight excluding hydrogens is 402 g/mol. The number of hydrogen-bond donors (Lipinski definition) is 1. The monoisotopic (exact) mass is 425 g/mol. The second kappa shape index (κ2) is 7.92. The second-order valence-electron chi connectivity index (χ2n) is 8.18. The Labute approximate surface area is 185 Å². The molecular formula is C25H23N5O2. The van der Waals surface area contributed by atoms with Gasteiger partial charge in [-0.25, -0.2) is 4.98 Å². The Morgan fingerprint density at radius 2 is 1.81 bits per heavy atom. The van der Waals surface area contributed by atoms with Crippen LogP contribution in [0.4, 0.5) is 11.5 Å². The molecule has 1 aliphatic heterocycles. The Morgan fingerprint density at radius 3 is 2.62 bits per heavy atom. The number of carbonyl (C=O) groups excluding carboxylic acids is 2. The quantitative estimate of drug-likeness (QED) is 0.535.